The van der Waals surface area contributed by atoms with Gasteiger partial charge in [0.05, 0.1) is 5.57 Å². The standard InChI is InChI=1S/C30H24FN3O4S2/c1-16-7-9-18(10-8-16)15-39-30-33-32-29(40-30)34-25(21-5-3-4-6-22(21)31)24(27(36)28(34)37)26(35)19-11-12-23-20(14-19)13-17(2)38-23/h3-12,14,17,25,35H,13,15H2,1-2H3. The van der Waals surface area contributed by atoms with Gasteiger partial charge in [-0.2, -0.15) is 0 Å². The molecule has 4 aromatic rings. The minimum absolute atomic E-state index is 0.00753. The average Bonchev–Trinajstić information content (AvgIpc) is 3.63. The van der Waals surface area contributed by atoms with Crippen molar-refractivity contribution in [3.8, 4) is 5.75 Å². The van der Waals surface area contributed by atoms with Crippen LogP contribution in [-0.2, 0) is 21.8 Å². The average molecular weight is 574 g/mol. The molecule has 0 spiro atoms. The summed E-state index contributed by atoms with van der Waals surface area (Å²) in [5.41, 5.74) is 3.37. The quantitative estimate of drug-likeness (QED) is 0.0961. The van der Waals surface area contributed by atoms with Gasteiger partial charge in [-0.25, -0.2) is 4.39 Å². The first kappa shape index (κ1) is 26.2. The van der Waals surface area contributed by atoms with Crippen molar-refractivity contribution >= 4 is 45.7 Å². The normalized spacial score (nSPS) is 19.6. The number of Topliss-reactive ketones (excluding diaryl/α,β-unsaturated/α-hetero) is 1. The highest BCUT2D eigenvalue weighted by atomic mass is 32.2. The molecule has 0 saturated carbocycles. The van der Waals surface area contributed by atoms with Gasteiger partial charge >= 0.3 is 5.91 Å². The highest BCUT2D eigenvalue weighted by molar-refractivity contribution is 8.00. The Hall–Kier alpha value is -4.02. The lowest BCUT2D eigenvalue weighted by Gasteiger charge is -2.22. The number of aromatic nitrogens is 2. The predicted molar refractivity (Wildman–Crippen MR) is 152 cm³/mol. The number of rotatable bonds is 6. The third kappa shape index (κ3) is 4.77. The van der Waals surface area contributed by atoms with Crippen LogP contribution in [0.1, 0.15) is 40.8 Å². The van der Waals surface area contributed by atoms with Crippen molar-refractivity contribution in [2.24, 2.45) is 0 Å². The summed E-state index contributed by atoms with van der Waals surface area (Å²) in [5, 5.41) is 20.0. The molecule has 3 heterocycles. The second kappa shape index (κ2) is 10.5. The number of aryl methyl sites for hydroxylation is 1. The van der Waals surface area contributed by atoms with E-state index < -0.39 is 23.5 Å². The van der Waals surface area contributed by atoms with E-state index in [4.69, 9.17) is 4.74 Å². The predicted octanol–water partition coefficient (Wildman–Crippen LogP) is 6.23. The Labute approximate surface area is 238 Å². The molecule has 1 fully saturated rings. The number of aliphatic hydroxyl groups is 1. The molecule has 2 atom stereocenters. The molecule has 7 nitrogen and oxygen atoms in total. The molecule has 10 heteroatoms. The van der Waals surface area contributed by atoms with Crippen LogP contribution >= 0.6 is 23.1 Å². The van der Waals surface area contributed by atoms with Crippen molar-refractivity contribution in [2.45, 2.75) is 42.5 Å². The van der Waals surface area contributed by atoms with Gasteiger partial charge in [0, 0.05) is 23.3 Å². The lowest BCUT2D eigenvalue weighted by Crippen LogP contribution is -2.29. The van der Waals surface area contributed by atoms with Crippen LogP contribution in [0, 0.1) is 12.7 Å². The lowest BCUT2D eigenvalue weighted by molar-refractivity contribution is -0.132. The van der Waals surface area contributed by atoms with Crippen LogP contribution in [0.2, 0.25) is 0 Å². The Morgan fingerprint density at radius 1 is 1.12 bits per heavy atom. The fourth-order valence-electron chi connectivity index (χ4n) is 4.93. The van der Waals surface area contributed by atoms with Crippen molar-refractivity contribution in [1.82, 2.24) is 10.2 Å². The Bertz CT molecular complexity index is 1670. The Kier molecular flexibility index (Phi) is 6.89. The molecule has 202 valence electrons. The molecule has 1 amide bonds. The van der Waals surface area contributed by atoms with Crippen molar-refractivity contribution in [3.63, 3.8) is 0 Å². The molecular formula is C30H24FN3O4S2. The van der Waals surface area contributed by atoms with Gasteiger partial charge in [0.2, 0.25) is 5.13 Å². The summed E-state index contributed by atoms with van der Waals surface area (Å²) in [6, 6.07) is 17.9. The van der Waals surface area contributed by atoms with E-state index in [9.17, 15) is 14.7 Å². The number of ether oxygens (including phenoxy) is 1. The molecule has 2 aliphatic rings. The molecular weight excluding hydrogens is 549 g/mol. The first-order chi connectivity index (χ1) is 19.3. The summed E-state index contributed by atoms with van der Waals surface area (Å²) in [5.74, 6) is -1.46. The maximum atomic E-state index is 15.2. The zero-order valence-electron chi connectivity index (χ0n) is 21.6. The topological polar surface area (TPSA) is 92.6 Å². The molecule has 2 unspecified atom stereocenters. The van der Waals surface area contributed by atoms with Crippen LogP contribution in [0.15, 0.2) is 76.6 Å². The fourth-order valence-corrected chi connectivity index (χ4v) is 6.76. The largest absolute Gasteiger partial charge is 0.507 e. The zero-order chi connectivity index (χ0) is 28.0. The van der Waals surface area contributed by atoms with Crippen molar-refractivity contribution in [2.75, 3.05) is 4.90 Å². The number of carbonyl (C=O) groups is 2. The highest BCUT2D eigenvalue weighted by Crippen LogP contribution is 2.45. The fraction of sp³-hybridized carbons (Fsp3) is 0.200. The van der Waals surface area contributed by atoms with E-state index in [1.807, 2.05) is 38.1 Å². The number of nitrogens with zero attached hydrogens (tertiary/aromatic N) is 3. The molecule has 0 bridgehead atoms. The van der Waals surface area contributed by atoms with E-state index in [1.165, 1.54) is 35.5 Å². The number of hydrogen-bond donors (Lipinski definition) is 1. The molecule has 6 rings (SSSR count). The van der Waals surface area contributed by atoms with Gasteiger partial charge in [0.25, 0.3) is 5.78 Å². The summed E-state index contributed by atoms with van der Waals surface area (Å²) >= 11 is 2.59. The van der Waals surface area contributed by atoms with E-state index >= 15 is 4.39 Å². The number of carbonyl (C=O) groups excluding carboxylic acids is 2. The monoisotopic (exact) mass is 573 g/mol. The maximum absolute atomic E-state index is 15.2. The van der Waals surface area contributed by atoms with E-state index in [0.29, 0.717) is 27.8 Å². The summed E-state index contributed by atoms with van der Waals surface area (Å²) < 4.78 is 21.5. The molecule has 1 saturated heterocycles. The van der Waals surface area contributed by atoms with Crippen molar-refractivity contribution in [3.05, 3.63) is 106 Å². The first-order valence-corrected chi connectivity index (χ1v) is 14.5. The van der Waals surface area contributed by atoms with E-state index in [0.717, 1.165) is 27.4 Å². The summed E-state index contributed by atoms with van der Waals surface area (Å²) in [7, 11) is 0. The number of ketones is 1. The minimum Gasteiger partial charge on any atom is -0.507 e. The number of anilines is 1. The van der Waals surface area contributed by atoms with Gasteiger partial charge in [-0.1, -0.05) is 71.1 Å². The summed E-state index contributed by atoms with van der Waals surface area (Å²) in [6.07, 6.45) is 0.641. The Balaban J connectivity index is 1.39. The van der Waals surface area contributed by atoms with Gasteiger partial charge in [-0.05, 0) is 49.2 Å². The third-order valence-electron chi connectivity index (χ3n) is 6.90. The van der Waals surface area contributed by atoms with Crippen LogP contribution < -0.4 is 9.64 Å². The molecule has 1 N–H and O–H groups in total. The molecule has 40 heavy (non-hydrogen) atoms. The smallest absolute Gasteiger partial charge is 0.301 e. The number of benzene rings is 3. The van der Waals surface area contributed by atoms with Crippen molar-refractivity contribution in [1.29, 1.82) is 0 Å². The molecule has 2 aliphatic heterocycles. The second-order valence-electron chi connectivity index (χ2n) is 9.77. The van der Waals surface area contributed by atoms with Gasteiger partial charge in [-0.15, -0.1) is 10.2 Å². The first-order valence-electron chi connectivity index (χ1n) is 12.7. The van der Waals surface area contributed by atoms with E-state index in [-0.39, 0.29) is 28.1 Å². The van der Waals surface area contributed by atoms with Crippen molar-refractivity contribution < 1.29 is 23.8 Å². The molecule has 0 radical (unpaired) electrons. The lowest BCUT2D eigenvalue weighted by atomic mass is 9.94. The third-order valence-corrected chi connectivity index (χ3v) is 9.03. The van der Waals surface area contributed by atoms with Gasteiger partial charge in [0.15, 0.2) is 4.34 Å². The molecule has 3 aromatic carbocycles. The number of halogens is 1. The van der Waals surface area contributed by atoms with Crippen LogP contribution in [0.3, 0.4) is 0 Å². The number of fused-ring (bicyclic) bond motifs is 1. The summed E-state index contributed by atoms with van der Waals surface area (Å²) in [4.78, 5) is 28.0. The number of aliphatic hydroxyl groups excluding tert-OH is 1. The maximum Gasteiger partial charge on any atom is 0.301 e. The van der Waals surface area contributed by atoms with Gasteiger partial charge in [-0.3, -0.25) is 14.5 Å². The van der Waals surface area contributed by atoms with Gasteiger partial charge < -0.3 is 9.84 Å². The Morgan fingerprint density at radius 2 is 1.90 bits per heavy atom. The number of thioether (sulfide) groups is 1. The molecule has 0 aliphatic carbocycles. The van der Waals surface area contributed by atoms with E-state index in [2.05, 4.69) is 10.2 Å². The van der Waals surface area contributed by atoms with E-state index in [1.54, 1.807) is 24.3 Å². The highest BCUT2D eigenvalue weighted by Gasteiger charge is 2.49. The van der Waals surface area contributed by atoms with Crippen LogP contribution in [0.5, 0.6) is 5.75 Å². The minimum atomic E-state index is -1.22. The molecule has 1 aromatic heterocycles. The van der Waals surface area contributed by atoms with Gasteiger partial charge in [0.1, 0.15) is 29.5 Å². The van der Waals surface area contributed by atoms with Crippen LogP contribution in [-0.4, -0.2) is 33.1 Å². The van der Waals surface area contributed by atoms with Crippen LogP contribution in [0.25, 0.3) is 5.76 Å². The second-order valence-corrected chi connectivity index (χ2v) is 11.9. The number of hydrogen-bond acceptors (Lipinski definition) is 8. The van der Waals surface area contributed by atoms with Crippen LogP contribution in [0.4, 0.5) is 9.52 Å². The zero-order valence-corrected chi connectivity index (χ0v) is 23.3. The SMILES string of the molecule is Cc1ccc(CSc2nnc(N3C(=O)C(=O)C(=C(O)c4ccc5c(c4)CC(C)O5)C3c3ccccc3F)s2)cc1. The Morgan fingerprint density at radius 3 is 2.67 bits per heavy atom. The summed E-state index contributed by atoms with van der Waals surface area (Å²) in [6.45, 7) is 3.96. The number of amides is 1.